The Bertz CT molecular complexity index is 413. The van der Waals surface area contributed by atoms with Gasteiger partial charge in [0.1, 0.15) is 0 Å². The van der Waals surface area contributed by atoms with Crippen LogP contribution < -0.4 is 0 Å². The van der Waals surface area contributed by atoms with E-state index in [1.54, 1.807) is 0 Å². The molecule has 0 unspecified atom stereocenters. The number of rotatable bonds is 17. The van der Waals surface area contributed by atoms with Crippen molar-refractivity contribution in [2.24, 2.45) is 0 Å². The lowest BCUT2D eigenvalue weighted by molar-refractivity contribution is 0.331. The molecule has 170 valence electrons. The molecular weight excluding hydrogens is 436 g/mol. The van der Waals surface area contributed by atoms with Crippen LogP contribution in [0.3, 0.4) is 0 Å². The summed E-state index contributed by atoms with van der Waals surface area (Å²) in [5.74, 6) is 0. The predicted octanol–water partition coefficient (Wildman–Crippen LogP) is 8.51. The van der Waals surface area contributed by atoms with Gasteiger partial charge < -0.3 is 12.3 Å². The molecule has 0 aromatic rings. The zero-order valence-electron chi connectivity index (χ0n) is 20.4. The molecule has 0 aromatic heterocycles. The quantitative estimate of drug-likeness (QED) is 0.117. The highest BCUT2D eigenvalue weighted by atomic mass is 35.6. The Morgan fingerprint density at radius 2 is 0.929 bits per heavy atom. The van der Waals surface area contributed by atoms with Gasteiger partial charge >= 0.3 is 17.1 Å². The van der Waals surface area contributed by atoms with E-state index in [4.69, 9.17) is 23.4 Å². The van der Waals surface area contributed by atoms with Gasteiger partial charge in [0.25, 0.3) is 7.63 Å². The summed E-state index contributed by atoms with van der Waals surface area (Å²) in [6, 6.07) is 1.22. The number of hydrogen-bond donors (Lipinski definition) is 0. The normalized spacial score (nSPS) is 13.9. The van der Waals surface area contributed by atoms with Crippen LogP contribution in [-0.2, 0) is 12.3 Å². The zero-order chi connectivity index (χ0) is 21.9. The van der Waals surface area contributed by atoms with Gasteiger partial charge in [-0.15, -0.1) is 11.1 Å². The molecular formula is C20H49ClO3Si4. The lowest BCUT2D eigenvalue weighted by atomic mass is 10.1. The van der Waals surface area contributed by atoms with Crippen molar-refractivity contribution >= 4 is 44.1 Å². The van der Waals surface area contributed by atoms with Gasteiger partial charge in [0.15, 0.2) is 8.32 Å². The van der Waals surface area contributed by atoms with E-state index in [0.29, 0.717) is 0 Å². The summed E-state index contributed by atoms with van der Waals surface area (Å²) in [5, 5.41) is 0. The van der Waals surface area contributed by atoms with Crippen LogP contribution in [0.25, 0.3) is 0 Å². The van der Waals surface area contributed by atoms with Crippen molar-refractivity contribution in [2.45, 2.75) is 130 Å². The third-order valence-corrected chi connectivity index (χ3v) is 18.9. The van der Waals surface area contributed by atoms with Gasteiger partial charge in [0.05, 0.1) is 0 Å². The third kappa shape index (κ3) is 17.9. The molecule has 0 N–H and O–H groups in total. The molecule has 0 aliphatic heterocycles. The van der Waals surface area contributed by atoms with Gasteiger partial charge in [0.2, 0.25) is 0 Å². The SMILES string of the molecule is CCCCCCCCCCCC[Si](C)(C)O[Si](C)(C)O[Si](C)(C)O[Si](C)(C)Cl. The highest BCUT2D eigenvalue weighted by Gasteiger charge is 2.42. The fourth-order valence-corrected chi connectivity index (χ4v) is 23.0. The Hall–Kier alpha value is 1.04. The molecule has 0 bridgehead atoms. The second-order valence-corrected chi connectivity index (χ2v) is 27.7. The van der Waals surface area contributed by atoms with Crippen LogP contribution in [0, 0.1) is 0 Å². The minimum atomic E-state index is -2.25. The Morgan fingerprint density at radius 1 is 0.536 bits per heavy atom. The molecule has 0 saturated heterocycles. The smallest absolute Gasteiger partial charge is 0.313 e. The first-order chi connectivity index (χ1) is 12.7. The summed E-state index contributed by atoms with van der Waals surface area (Å²) in [4.78, 5) is 0. The van der Waals surface area contributed by atoms with E-state index in [1.165, 1.54) is 70.3 Å². The maximum atomic E-state index is 6.64. The highest BCUT2D eigenvalue weighted by molar-refractivity contribution is 7.17. The van der Waals surface area contributed by atoms with Crippen molar-refractivity contribution in [3.05, 3.63) is 0 Å². The molecule has 0 amide bonds. The average Bonchev–Trinajstić information content (AvgIpc) is 2.43. The first-order valence-corrected chi connectivity index (χ1v) is 24.1. The lowest BCUT2D eigenvalue weighted by Gasteiger charge is -2.39. The summed E-state index contributed by atoms with van der Waals surface area (Å²) in [7, 11) is -8.28. The van der Waals surface area contributed by atoms with E-state index in [0.717, 1.165) is 0 Å². The van der Waals surface area contributed by atoms with Crippen LogP contribution in [0.15, 0.2) is 0 Å². The largest absolute Gasteiger partial charge is 0.436 e. The molecule has 28 heavy (non-hydrogen) atoms. The third-order valence-electron chi connectivity index (χ3n) is 4.63. The summed E-state index contributed by atoms with van der Waals surface area (Å²) < 4.78 is 19.2. The Balaban J connectivity index is 4.10. The van der Waals surface area contributed by atoms with Crippen molar-refractivity contribution < 1.29 is 12.3 Å². The van der Waals surface area contributed by atoms with E-state index in [9.17, 15) is 0 Å². The maximum Gasteiger partial charge on any atom is 0.313 e. The van der Waals surface area contributed by atoms with E-state index in [-0.39, 0.29) is 0 Å². The topological polar surface area (TPSA) is 27.7 Å². The minimum Gasteiger partial charge on any atom is -0.436 e. The molecule has 0 heterocycles. The van der Waals surface area contributed by atoms with Crippen molar-refractivity contribution in [3.8, 4) is 0 Å². The van der Waals surface area contributed by atoms with Crippen molar-refractivity contribution in [2.75, 3.05) is 0 Å². The van der Waals surface area contributed by atoms with Crippen LogP contribution in [-0.4, -0.2) is 33.1 Å². The van der Waals surface area contributed by atoms with Gasteiger partial charge in [-0.3, -0.25) is 0 Å². The van der Waals surface area contributed by atoms with Gasteiger partial charge in [-0.25, -0.2) is 0 Å². The highest BCUT2D eigenvalue weighted by Crippen LogP contribution is 2.27. The van der Waals surface area contributed by atoms with Crippen LogP contribution in [0.1, 0.15) is 71.1 Å². The molecule has 0 atom stereocenters. The molecule has 0 aliphatic carbocycles. The average molecular weight is 485 g/mol. The first-order valence-electron chi connectivity index (χ1n) is 11.5. The monoisotopic (exact) mass is 484 g/mol. The fourth-order valence-electron chi connectivity index (χ4n) is 3.97. The number of unbranched alkanes of at least 4 members (excludes halogenated alkanes) is 9. The van der Waals surface area contributed by atoms with Crippen molar-refractivity contribution in [3.63, 3.8) is 0 Å². The number of halogens is 1. The van der Waals surface area contributed by atoms with E-state index in [1.807, 2.05) is 13.1 Å². The van der Waals surface area contributed by atoms with Gasteiger partial charge in [-0.05, 0) is 58.4 Å². The van der Waals surface area contributed by atoms with E-state index in [2.05, 4.69) is 46.2 Å². The summed E-state index contributed by atoms with van der Waals surface area (Å²) >= 11 is 6.39. The Labute approximate surface area is 185 Å². The molecule has 3 nitrogen and oxygen atoms in total. The second-order valence-electron chi connectivity index (χ2n) is 10.2. The van der Waals surface area contributed by atoms with E-state index >= 15 is 0 Å². The Morgan fingerprint density at radius 3 is 1.36 bits per heavy atom. The van der Waals surface area contributed by atoms with Gasteiger partial charge in [0, 0.05) is 0 Å². The summed E-state index contributed by atoms with van der Waals surface area (Å²) in [6.45, 7) is 19.5. The summed E-state index contributed by atoms with van der Waals surface area (Å²) in [5.41, 5.74) is 0. The standard InChI is InChI=1S/C20H49ClO3Si4/c1-10-11-12-13-14-15-16-17-18-19-20-25(2,3)22-27(6,7)24-28(8,9)23-26(4,5)21/h10-20H2,1-9H3. The molecule has 0 fully saturated rings. The first kappa shape index (κ1) is 29.0. The minimum absolute atomic E-state index is 1.22. The number of hydrogen-bond acceptors (Lipinski definition) is 3. The van der Waals surface area contributed by atoms with Gasteiger partial charge in [-0.2, -0.15) is 0 Å². The van der Waals surface area contributed by atoms with Gasteiger partial charge in [-0.1, -0.05) is 71.1 Å². The molecule has 8 heteroatoms. The molecule has 0 aliphatic rings. The van der Waals surface area contributed by atoms with Crippen molar-refractivity contribution in [1.29, 1.82) is 0 Å². The van der Waals surface area contributed by atoms with Crippen LogP contribution >= 0.6 is 11.1 Å². The van der Waals surface area contributed by atoms with Crippen LogP contribution in [0.2, 0.25) is 58.4 Å². The maximum absolute atomic E-state index is 6.64. The van der Waals surface area contributed by atoms with Crippen LogP contribution in [0.5, 0.6) is 0 Å². The van der Waals surface area contributed by atoms with Crippen LogP contribution in [0.4, 0.5) is 0 Å². The molecule has 0 saturated carbocycles. The molecule has 0 aromatic carbocycles. The lowest BCUT2D eigenvalue weighted by Crippen LogP contribution is -2.55. The zero-order valence-corrected chi connectivity index (χ0v) is 25.1. The second kappa shape index (κ2) is 13.4. The van der Waals surface area contributed by atoms with E-state index < -0.39 is 33.1 Å². The summed E-state index contributed by atoms with van der Waals surface area (Å²) in [6.07, 6.45) is 13.8. The molecule has 0 spiro atoms. The van der Waals surface area contributed by atoms with Crippen molar-refractivity contribution in [1.82, 2.24) is 0 Å². The fraction of sp³-hybridized carbons (Fsp3) is 1.00. The molecule has 0 radical (unpaired) electrons. The Kier molecular flexibility index (Phi) is 13.9. The molecule has 0 rings (SSSR count). The predicted molar refractivity (Wildman–Crippen MR) is 136 cm³/mol.